The number of fused-ring (bicyclic) bond motifs is 1. The number of hydrogen-bond donors (Lipinski definition) is 4. The largest absolute Gasteiger partial charge is 0.394 e. The standard InChI is InChI=1S/C10H14N4O5/c15-3-5-7(17)8(18)10(19-5)14-6(16)2-1-4-9(14)12-13-11-4/h1-2,4-5,7-10,15,17-18H,3H2,(H,11,12)/t4-,5+,7-,8+,9+,10+/m0/s1. The molecule has 0 aromatic carbocycles. The van der Waals surface area contributed by atoms with Gasteiger partial charge in [-0.1, -0.05) is 11.3 Å². The molecule has 0 aliphatic carbocycles. The highest BCUT2D eigenvalue weighted by Gasteiger charge is 2.50. The number of nitrogens with one attached hydrogen (secondary N) is 1. The number of carbonyl (C=O) groups is 1. The van der Waals surface area contributed by atoms with Crippen LogP contribution >= 0.6 is 0 Å². The summed E-state index contributed by atoms with van der Waals surface area (Å²) in [4.78, 5) is 13.2. The van der Waals surface area contributed by atoms with Gasteiger partial charge >= 0.3 is 0 Å². The van der Waals surface area contributed by atoms with Crippen LogP contribution in [0.2, 0.25) is 0 Å². The average Bonchev–Trinajstić information content (AvgIpc) is 2.97. The Balaban J connectivity index is 1.87. The summed E-state index contributed by atoms with van der Waals surface area (Å²) in [5.74, 6) is -0.390. The Hall–Kier alpha value is -1.55. The monoisotopic (exact) mass is 270 g/mol. The fraction of sp³-hybridized carbons (Fsp3) is 0.700. The summed E-state index contributed by atoms with van der Waals surface area (Å²) in [6.45, 7) is -0.444. The lowest BCUT2D eigenvalue weighted by atomic mass is 10.1. The van der Waals surface area contributed by atoms with Crippen molar-refractivity contribution < 1.29 is 24.9 Å². The number of aliphatic hydroxyl groups excluding tert-OH is 3. The maximum Gasteiger partial charge on any atom is 0.250 e. The molecule has 3 heterocycles. The molecular weight excluding hydrogens is 256 g/mol. The van der Waals surface area contributed by atoms with Crippen LogP contribution in [0.25, 0.3) is 0 Å². The van der Waals surface area contributed by atoms with Crippen LogP contribution in [0.3, 0.4) is 0 Å². The minimum Gasteiger partial charge on any atom is -0.394 e. The Morgan fingerprint density at radius 2 is 2.21 bits per heavy atom. The van der Waals surface area contributed by atoms with Crippen molar-refractivity contribution in [2.75, 3.05) is 6.61 Å². The lowest BCUT2D eigenvalue weighted by Crippen LogP contribution is -2.56. The zero-order valence-electron chi connectivity index (χ0n) is 9.83. The second-order valence-electron chi connectivity index (χ2n) is 4.62. The van der Waals surface area contributed by atoms with Crippen LogP contribution in [0.15, 0.2) is 22.5 Å². The van der Waals surface area contributed by atoms with Gasteiger partial charge in [0.15, 0.2) is 12.4 Å². The molecule has 3 aliphatic rings. The molecule has 3 aliphatic heterocycles. The van der Waals surface area contributed by atoms with Crippen LogP contribution in [0, 0.1) is 0 Å². The lowest BCUT2D eigenvalue weighted by Gasteiger charge is -2.36. The molecule has 0 saturated carbocycles. The number of amides is 1. The minimum atomic E-state index is -1.30. The van der Waals surface area contributed by atoms with Crippen molar-refractivity contribution in [3.05, 3.63) is 12.2 Å². The van der Waals surface area contributed by atoms with E-state index in [0.29, 0.717) is 0 Å². The summed E-state index contributed by atoms with van der Waals surface area (Å²) in [6, 6.07) is -0.279. The highest BCUT2D eigenvalue weighted by molar-refractivity contribution is 5.89. The topological polar surface area (TPSA) is 127 Å². The summed E-state index contributed by atoms with van der Waals surface area (Å²) in [5, 5.41) is 36.3. The van der Waals surface area contributed by atoms with Crippen molar-refractivity contribution in [1.29, 1.82) is 0 Å². The molecule has 4 N–H and O–H groups in total. The normalized spacial score (nSPS) is 44.6. The van der Waals surface area contributed by atoms with Crippen molar-refractivity contribution in [2.24, 2.45) is 10.3 Å². The molecule has 0 aromatic heterocycles. The van der Waals surface area contributed by atoms with Gasteiger partial charge in [0, 0.05) is 6.08 Å². The second kappa shape index (κ2) is 4.53. The van der Waals surface area contributed by atoms with Crippen molar-refractivity contribution in [2.45, 2.75) is 36.7 Å². The molecule has 0 aromatic rings. The van der Waals surface area contributed by atoms with Gasteiger partial charge in [0.2, 0.25) is 5.91 Å². The van der Waals surface area contributed by atoms with E-state index in [1.165, 1.54) is 11.0 Å². The summed E-state index contributed by atoms with van der Waals surface area (Å²) in [6.07, 6.45) is -2.20. The molecule has 6 atom stereocenters. The van der Waals surface area contributed by atoms with E-state index >= 15 is 0 Å². The number of aliphatic hydroxyl groups is 3. The van der Waals surface area contributed by atoms with Crippen LogP contribution in [0.1, 0.15) is 0 Å². The van der Waals surface area contributed by atoms with Gasteiger partial charge in [-0.25, -0.2) is 0 Å². The van der Waals surface area contributed by atoms with Crippen molar-refractivity contribution in [3.63, 3.8) is 0 Å². The Morgan fingerprint density at radius 1 is 1.42 bits per heavy atom. The molecule has 0 bridgehead atoms. The first-order valence-corrected chi connectivity index (χ1v) is 5.92. The maximum absolute atomic E-state index is 11.9. The molecule has 1 amide bonds. The summed E-state index contributed by atoms with van der Waals surface area (Å²) >= 11 is 0. The molecule has 104 valence electrons. The third-order valence-corrected chi connectivity index (χ3v) is 3.48. The van der Waals surface area contributed by atoms with Gasteiger partial charge in [0.05, 0.1) is 6.61 Å². The molecule has 0 unspecified atom stereocenters. The smallest absolute Gasteiger partial charge is 0.250 e. The predicted molar refractivity (Wildman–Crippen MR) is 59.3 cm³/mol. The summed E-state index contributed by atoms with van der Waals surface area (Å²) in [5.41, 5.74) is 2.71. The highest BCUT2D eigenvalue weighted by Crippen LogP contribution is 2.30. The van der Waals surface area contributed by atoms with Crippen LogP contribution in [0.5, 0.6) is 0 Å². The van der Waals surface area contributed by atoms with E-state index in [4.69, 9.17) is 9.84 Å². The molecule has 9 heteroatoms. The lowest BCUT2D eigenvalue weighted by molar-refractivity contribution is -0.155. The van der Waals surface area contributed by atoms with Gasteiger partial charge in [0.25, 0.3) is 0 Å². The van der Waals surface area contributed by atoms with Crippen molar-refractivity contribution in [1.82, 2.24) is 10.3 Å². The van der Waals surface area contributed by atoms with E-state index in [1.807, 2.05) is 0 Å². The van der Waals surface area contributed by atoms with Gasteiger partial charge in [-0.05, 0) is 0 Å². The zero-order valence-corrected chi connectivity index (χ0v) is 9.83. The van der Waals surface area contributed by atoms with E-state index in [-0.39, 0.29) is 6.04 Å². The SMILES string of the molecule is O=C1C=C[C@@H]2NN=N[C@@H]2N1[C@@H]1O[C@H](CO)[C@H](O)[C@H]1O. The van der Waals surface area contributed by atoms with Crippen LogP contribution in [-0.4, -0.2) is 69.5 Å². The minimum absolute atomic E-state index is 0.279. The first-order chi connectivity index (χ1) is 9.13. The predicted octanol–water partition coefficient (Wildman–Crippen LogP) is -2.51. The van der Waals surface area contributed by atoms with E-state index in [1.54, 1.807) is 6.08 Å². The van der Waals surface area contributed by atoms with Gasteiger partial charge in [-0.15, -0.1) is 5.11 Å². The number of nitrogens with zero attached hydrogens (tertiary/aromatic N) is 3. The first-order valence-electron chi connectivity index (χ1n) is 5.92. The Kier molecular flexibility index (Phi) is 2.97. The number of hydrogen-bond acceptors (Lipinski definition) is 8. The van der Waals surface area contributed by atoms with Gasteiger partial charge in [0.1, 0.15) is 24.4 Å². The number of ether oxygens (including phenoxy) is 1. The summed E-state index contributed by atoms with van der Waals surface area (Å²) in [7, 11) is 0. The molecule has 0 spiro atoms. The van der Waals surface area contributed by atoms with Crippen LogP contribution in [-0.2, 0) is 9.53 Å². The van der Waals surface area contributed by atoms with Crippen molar-refractivity contribution >= 4 is 5.91 Å². The van der Waals surface area contributed by atoms with E-state index in [0.717, 1.165) is 0 Å². The third-order valence-electron chi connectivity index (χ3n) is 3.48. The molecule has 1 fully saturated rings. The number of carbonyl (C=O) groups excluding carboxylic acids is 1. The Labute approximate surface area is 108 Å². The second-order valence-corrected chi connectivity index (χ2v) is 4.62. The molecule has 3 rings (SSSR count). The van der Waals surface area contributed by atoms with Crippen molar-refractivity contribution in [3.8, 4) is 0 Å². The fourth-order valence-electron chi connectivity index (χ4n) is 2.46. The fourth-order valence-corrected chi connectivity index (χ4v) is 2.46. The van der Waals surface area contributed by atoms with E-state index < -0.39 is 43.2 Å². The third kappa shape index (κ3) is 1.82. The number of rotatable bonds is 2. The van der Waals surface area contributed by atoms with Gasteiger partial charge in [-0.2, -0.15) is 0 Å². The quantitative estimate of drug-likeness (QED) is 0.439. The van der Waals surface area contributed by atoms with Gasteiger partial charge < -0.3 is 20.1 Å². The highest BCUT2D eigenvalue weighted by atomic mass is 16.6. The first kappa shape index (κ1) is 12.5. The molecule has 9 nitrogen and oxygen atoms in total. The molecule has 0 radical (unpaired) electrons. The summed E-state index contributed by atoms with van der Waals surface area (Å²) < 4.78 is 5.34. The van der Waals surface area contributed by atoms with Gasteiger partial charge in [-0.3, -0.25) is 15.1 Å². The molecule has 1 saturated heterocycles. The Morgan fingerprint density at radius 3 is 2.89 bits per heavy atom. The molecular formula is C10H14N4O5. The van der Waals surface area contributed by atoms with Crippen LogP contribution < -0.4 is 5.43 Å². The average molecular weight is 270 g/mol. The van der Waals surface area contributed by atoms with E-state index in [2.05, 4.69) is 15.8 Å². The molecule has 19 heavy (non-hydrogen) atoms. The zero-order chi connectivity index (χ0) is 13.6. The van der Waals surface area contributed by atoms with Crippen LogP contribution in [0.4, 0.5) is 0 Å². The van der Waals surface area contributed by atoms with E-state index in [9.17, 15) is 15.0 Å². The Bertz CT molecular complexity index is 442. The maximum atomic E-state index is 11.9.